The topological polar surface area (TPSA) is 170 Å². The molecule has 0 aliphatic rings. The van der Waals surface area contributed by atoms with Gasteiger partial charge in [0, 0.05) is 0 Å². The standard InChI is InChI=1S/CH2O3.Ca.Mg.H3N.H3O4P.4H/c2-1(3)4;;;;1-5(2,3)4;;;;/h(H2,2,3,4);;;1H3;(H3,1,2,3,4);;;;/q;2*+2;;;4*-1. The van der Waals surface area contributed by atoms with E-state index in [0.717, 1.165) is 0 Å². The predicted molar refractivity (Wildman–Crippen MR) is 45.9 cm³/mol. The van der Waals surface area contributed by atoms with Crippen LogP contribution in [0.25, 0.3) is 0 Å². The second kappa shape index (κ2) is 14.9. The number of carbonyl (C=O) groups is 1. The van der Waals surface area contributed by atoms with E-state index in [1.165, 1.54) is 0 Å². The summed E-state index contributed by atoms with van der Waals surface area (Å²) in [6.07, 6.45) is -1.83. The van der Waals surface area contributed by atoms with Crippen LogP contribution in [0.4, 0.5) is 4.79 Å². The molecule has 0 rings (SSSR count). The maximum absolute atomic E-state index is 8.88. The Morgan fingerprint density at radius 1 is 1.17 bits per heavy atom. The van der Waals surface area contributed by atoms with E-state index in [9.17, 15) is 0 Å². The summed E-state index contributed by atoms with van der Waals surface area (Å²) in [5.41, 5.74) is 0. The molecule has 0 amide bonds. The van der Waals surface area contributed by atoms with Gasteiger partial charge in [0.15, 0.2) is 0 Å². The minimum atomic E-state index is -4.64. The van der Waals surface area contributed by atoms with Crippen LogP contribution in [0.1, 0.15) is 5.71 Å². The van der Waals surface area contributed by atoms with Crippen molar-refractivity contribution in [2.75, 3.05) is 0 Å². The number of phosphoric acid groups is 1. The number of rotatable bonds is 0. The van der Waals surface area contributed by atoms with Gasteiger partial charge in [-0.25, -0.2) is 9.36 Å². The van der Waals surface area contributed by atoms with Crippen LogP contribution >= 0.6 is 7.82 Å². The Labute approximate surface area is 120 Å². The van der Waals surface area contributed by atoms with E-state index in [4.69, 9.17) is 34.3 Å². The molecule has 8 nitrogen and oxygen atoms in total. The second-order valence-corrected chi connectivity index (χ2v) is 1.82. The van der Waals surface area contributed by atoms with Crippen LogP contribution in [0, 0.1) is 0 Å². The van der Waals surface area contributed by atoms with Crippen LogP contribution < -0.4 is 6.15 Å². The minimum absolute atomic E-state index is 0. The van der Waals surface area contributed by atoms with Gasteiger partial charge in [-0.1, -0.05) is 0 Å². The fraction of sp³-hybridized carbons (Fsp3) is 0. The Morgan fingerprint density at radius 2 is 1.17 bits per heavy atom. The van der Waals surface area contributed by atoms with Gasteiger partial charge in [0.2, 0.25) is 0 Å². The fourth-order valence-corrected chi connectivity index (χ4v) is 0. The molecule has 0 spiro atoms. The first kappa shape index (κ1) is 29.2. The molecular weight excluding hydrogens is 233 g/mol. The van der Waals surface area contributed by atoms with E-state index in [1.54, 1.807) is 0 Å². The Kier molecular flexibility index (Phi) is 36.2. The third kappa shape index (κ3) is 655. The zero-order chi connectivity index (χ0) is 8.08. The molecule has 0 radical (unpaired) electrons. The van der Waals surface area contributed by atoms with E-state index in [0.29, 0.717) is 0 Å². The molecule has 0 aromatic carbocycles. The number of hydrogen-bond donors (Lipinski definition) is 6. The summed E-state index contributed by atoms with van der Waals surface area (Å²) in [5.74, 6) is 0. The van der Waals surface area contributed by atoms with Crippen molar-refractivity contribution < 1.29 is 40.0 Å². The average molecular weight is 245 g/mol. The molecule has 8 N–H and O–H groups in total. The van der Waals surface area contributed by atoms with Crippen molar-refractivity contribution in [1.82, 2.24) is 6.15 Å². The van der Waals surface area contributed by atoms with Crippen molar-refractivity contribution in [3.05, 3.63) is 0 Å². The van der Waals surface area contributed by atoms with Gasteiger partial charge in [0.1, 0.15) is 0 Å². The van der Waals surface area contributed by atoms with Gasteiger partial charge in [-0.2, -0.15) is 0 Å². The first-order chi connectivity index (χ1) is 3.73. The zero-order valence-electron chi connectivity index (χ0n) is 10.1. The Balaban J connectivity index is -0.00000000614. The van der Waals surface area contributed by atoms with Gasteiger partial charge in [-0.15, -0.1) is 0 Å². The molecule has 0 atom stereocenters. The van der Waals surface area contributed by atoms with Crippen LogP contribution in [0.5, 0.6) is 0 Å². The Bertz CT molecular complexity index is 136. The molecular formula is CH12CaMgNO7P. The van der Waals surface area contributed by atoms with Crippen LogP contribution in [-0.2, 0) is 4.57 Å². The summed E-state index contributed by atoms with van der Waals surface area (Å²) in [7, 11) is -4.64. The average Bonchev–Trinajstić information content (AvgIpc) is 1.19. The normalized spacial score (nSPS) is 6.92. The predicted octanol–water partition coefficient (Wildman–Crippen LogP) is -0.856. The van der Waals surface area contributed by atoms with Crippen molar-refractivity contribution in [3.63, 3.8) is 0 Å². The molecule has 0 bridgehead atoms. The molecule has 12 heavy (non-hydrogen) atoms. The summed E-state index contributed by atoms with van der Waals surface area (Å²) < 4.78 is 8.88. The summed E-state index contributed by atoms with van der Waals surface area (Å²) in [6.45, 7) is 0. The summed E-state index contributed by atoms with van der Waals surface area (Å²) in [5, 5.41) is 13.9. The van der Waals surface area contributed by atoms with Crippen molar-refractivity contribution in [3.8, 4) is 0 Å². The van der Waals surface area contributed by atoms with Crippen LogP contribution in [0.2, 0.25) is 0 Å². The number of carboxylic acid groups (broad SMARTS) is 2. The largest absolute Gasteiger partial charge is 2.00 e. The minimum Gasteiger partial charge on any atom is -1.00 e. The van der Waals surface area contributed by atoms with E-state index < -0.39 is 14.0 Å². The van der Waals surface area contributed by atoms with Crippen molar-refractivity contribution in [2.45, 2.75) is 0 Å². The third-order valence-electron chi connectivity index (χ3n) is 0. The first-order valence-electron chi connectivity index (χ1n) is 1.43. The van der Waals surface area contributed by atoms with Gasteiger partial charge >= 0.3 is 74.8 Å². The van der Waals surface area contributed by atoms with Gasteiger partial charge in [-0.05, 0) is 0 Å². The zero-order valence-corrected chi connectivity index (χ0v) is 10.6. The quantitative estimate of drug-likeness (QED) is 0.236. The molecule has 0 aliphatic heterocycles. The van der Waals surface area contributed by atoms with Crippen LogP contribution in [-0.4, -0.2) is 91.8 Å². The monoisotopic (exact) mass is 245 g/mol. The summed E-state index contributed by atoms with van der Waals surface area (Å²) in [6, 6.07) is 0. The van der Waals surface area contributed by atoms with Crippen molar-refractivity contribution >= 4 is 74.8 Å². The maximum atomic E-state index is 8.88. The van der Waals surface area contributed by atoms with Gasteiger partial charge in [-0.3, -0.25) is 0 Å². The number of hydrogen-bond acceptors (Lipinski definition) is 3. The molecule has 0 saturated carbocycles. The molecule has 0 aromatic rings. The van der Waals surface area contributed by atoms with E-state index in [2.05, 4.69) is 0 Å². The molecule has 0 aromatic heterocycles. The van der Waals surface area contributed by atoms with Crippen LogP contribution in [0.3, 0.4) is 0 Å². The fourth-order valence-electron chi connectivity index (χ4n) is 0. The molecule has 72 valence electrons. The molecule has 0 unspecified atom stereocenters. The van der Waals surface area contributed by atoms with Gasteiger partial charge < -0.3 is 36.8 Å². The van der Waals surface area contributed by atoms with Gasteiger partial charge in [0.25, 0.3) is 0 Å². The van der Waals surface area contributed by atoms with E-state index >= 15 is 0 Å². The summed E-state index contributed by atoms with van der Waals surface area (Å²) in [4.78, 5) is 30.1. The molecule has 0 fully saturated rings. The van der Waals surface area contributed by atoms with Crippen molar-refractivity contribution in [2.24, 2.45) is 0 Å². The van der Waals surface area contributed by atoms with Crippen LogP contribution in [0.15, 0.2) is 0 Å². The van der Waals surface area contributed by atoms with E-state index in [-0.39, 0.29) is 72.6 Å². The second-order valence-electron chi connectivity index (χ2n) is 0.796. The molecule has 0 saturated heterocycles. The maximum Gasteiger partial charge on any atom is 2.00 e. The Morgan fingerprint density at radius 3 is 1.17 bits per heavy atom. The summed E-state index contributed by atoms with van der Waals surface area (Å²) >= 11 is 0. The molecule has 0 aliphatic carbocycles. The Hall–Kier alpha value is 1.37. The molecule has 11 heteroatoms. The van der Waals surface area contributed by atoms with Gasteiger partial charge in [0.05, 0.1) is 0 Å². The van der Waals surface area contributed by atoms with E-state index in [1.807, 2.05) is 0 Å². The van der Waals surface area contributed by atoms with Crippen molar-refractivity contribution in [1.29, 1.82) is 0 Å². The molecule has 0 heterocycles. The first-order valence-corrected chi connectivity index (χ1v) is 3.00. The third-order valence-corrected chi connectivity index (χ3v) is 0. The smallest absolute Gasteiger partial charge is 1.00 e. The SMILES string of the molecule is N.O=C(O)O.O=P(O)(O)O.[Ca+2].[H-].[H-].[H-].[H-].[Mg+2].